The standard InChI is InChI=1S/C14H14F6OS/c15-8-10(16)12(18)14(19,20)11(17)6-7-22-13(21)9-4-2-1-3-5-9/h1-5,10-12H,6-8H2. The molecule has 0 aliphatic rings. The zero-order valence-corrected chi connectivity index (χ0v) is 12.1. The van der Waals surface area contributed by atoms with Crippen LogP contribution in [0.1, 0.15) is 16.8 Å². The second kappa shape index (κ2) is 8.45. The monoisotopic (exact) mass is 344 g/mol. The van der Waals surface area contributed by atoms with Crippen molar-refractivity contribution in [2.75, 3.05) is 12.4 Å². The molecule has 3 atom stereocenters. The largest absolute Gasteiger partial charge is 0.312 e. The van der Waals surface area contributed by atoms with E-state index in [1.165, 1.54) is 12.1 Å². The lowest BCUT2D eigenvalue weighted by molar-refractivity contribution is -0.148. The highest BCUT2D eigenvalue weighted by Gasteiger charge is 2.52. The highest BCUT2D eigenvalue weighted by Crippen LogP contribution is 2.33. The van der Waals surface area contributed by atoms with Gasteiger partial charge >= 0.3 is 5.92 Å². The quantitative estimate of drug-likeness (QED) is 0.643. The highest BCUT2D eigenvalue weighted by atomic mass is 32.2. The molecule has 0 radical (unpaired) electrons. The molecule has 8 heteroatoms. The summed E-state index contributed by atoms with van der Waals surface area (Å²) < 4.78 is 77.3. The van der Waals surface area contributed by atoms with E-state index in [0.29, 0.717) is 17.3 Å². The van der Waals surface area contributed by atoms with Gasteiger partial charge in [-0.2, -0.15) is 0 Å². The molecule has 1 nitrogen and oxygen atoms in total. The fourth-order valence-electron chi connectivity index (χ4n) is 1.60. The molecule has 1 aromatic rings. The van der Waals surface area contributed by atoms with Gasteiger partial charge in [-0.25, -0.2) is 26.3 Å². The van der Waals surface area contributed by atoms with Crippen LogP contribution >= 0.6 is 11.8 Å². The maximum absolute atomic E-state index is 13.4. The Labute approximate surface area is 128 Å². The lowest BCUT2D eigenvalue weighted by Gasteiger charge is -2.25. The lowest BCUT2D eigenvalue weighted by atomic mass is 10.0. The van der Waals surface area contributed by atoms with Crippen LogP contribution in [-0.2, 0) is 0 Å². The van der Waals surface area contributed by atoms with E-state index in [4.69, 9.17) is 0 Å². The third kappa shape index (κ3) is 4.93. The molecule has 0 aromatic heterocycles. The molecule has 1 aromatic carbocycles. The molecule has 0 fully saturated rings. The summed E-state index contributed by atoms with van der Waals surface area (Å²) in [6.07, 6.45) is -10.5. The van der Waals surface area contributed by atoms with Gasteiger partial charge in [-0.3, -0.25) is 4.79 Å². The van der Waals surface area contributed by atoms with Crippen LogP contribution in [-0.4, -0.2) is 42.0 Å². The summed E-state index contributed by atoms with van der Waals surface area (Å²) in [7, 11) is 0. The van der Waals surface area contributed by atoms with Crippen LogP contribution in [0.4, 0.5) is 26.3 Å². The van der Waals surface area contributed by atoms with E-state index >= 15 is 0 Å². The second-order valence-electron chi connectivity index (χ2n) is 4.50. The average molecular weight is 344 g/mol. The number of benzene rings is 1. The lowest BCUT2D eigenvalue weighted by Crippen LogP contribution is -2.45. The van der Waals surface area contributed by atoms with Gasteiger partial charge in [-0.05, 0) is 6.42 Å². The van der Waals surface area contributed by atoms with Crippen LogP contribution in [0.2, 0.25) is 0 Å². The number of thioether (sulfide) groups is 1. The molecular weight excluding hydrogens is 330 g/mol. The van der Waals surface area contributed by atoms with E-state index in [0.717, 1.165) is 0 Å². The highest BCUT2D eigenvalue weighted by molar-refractivity contribution is 8.14. The number of halogens is 6. The van der Waals surface area contributed by atoms with Crippen molar-refractivity contribution in [2.45, 2.75) is 30.9 Å². The zero-order chi connectivity index (χ0) is 16.8. The van der Waals surface area contributed by atoms with Crippen LogP contribution in [0.3, 0.4) is 0 Å². The first-order valence-corrected chi connectivity index (χ1v) is 7.37. The maximum atomic E-state index is 13.4. The van der Waals surface area contributed by atoms with Crippen molar-refractivity contribution in [2.24, 2.45) is 0 Å². The van der Waals surface area contributed by atoms with Gasteiger partial charge in [-0.15, -0.1) is 0 Å². The first-order valence-electron chi connectivity index (χ1n) is 6.38. The van der Waals surface area contributed by atoms with Gasteiger partial charge in [0, 0.05) is 11.3 Å². The fourth-order valence-corrected chi connectivity index (χ4v) is 2.41. The van der Waals surface area contributed by atoms with Gasteiger partial charge in [0.1, 0.15) is 6.67 Å². The first-order chi connectivity index (χ1) is 10.3. The normalized spacial score (nSPS) is 16.1. The van der Waals surface area contributed by atoms with Crippen LogP contribution < -0.4 is 0 Å². The second-order valence-corrected chi connectivity index (χ2v) is 5.57. The Kier molecular flexibility index (Phi) is 7.25. The van der Waals surface area contributed by atoms with Crippen LogP contribution in [0.5, 0.6) is 0 Å². The Balaban J connectivity index is 2.48. The zero-order valence-electron chi connectivity index (χ0n) is 11.3. The van der Waals surface area contributed by atoms with Crippen molar-refractivity contribution in [3.63, 3.8) is 0 Å². The molecular formula is C14H14F6OS. The van der Waals surface area contributed by atoms with Gasteiger partial charge in [0.2, 0.25) is 5.12 Å². The molecule has 0 heterocycles. The topological polar surface area (TPSA) is 17.1 Å². The van der Waals surface area contributed by atoms with E-state index in [1.54, 1.807) is 18.2 Å². The molecule has 0 saturated carbocycles. The summed E-state index contributed by atoms with van der Waals surface area (Å²) in [5.41, 5.74) is 0.319. The predicted molar refractivity (Wildman–Crippen MR) is 73.5 cm³/mol. The summed E-state index contributed by atoms with van der Waals surface area (Å²) >= 11 is 0.597. The van der Waals surface area contributed by atoms with Crippen LogP contribution in [0.25, 0.3) is 0 Å². The van der Waals surface area contributed by atoms with Gasteiger partial charge in [-0.1, -0.05) is 42.1 Å². The van der Waals surface area contributed by atoms with E-state index in [1.807, 2.05) is 0 Å². The maximum Gasteiger partial charge on any atom is 0.312 e. The minimum atomic E-state index is -4.64. The Bertz CT molecular complexity index is 470. The molecule has 22 heavy (non-hydrogen) atoms. The van der Waals surface area contributed by atoms with Gasteiger partial charge in [0.05, 0.1) is 0 Å². The van der Waals surface area contributed by atoms with Crippen molar-refractivity contribution in [1.29, 1.82) is 0 Å². The molecule has 124 valence electrons. The number of alkyl halides is 6. The van der Waals surface area contributed by atoms with Crippen molar-refractivity contribution < 1.29 is 31.1 Å². The molecule has 0 N–H and O–H groups in total. The SMILES string of the molecule is O=C(SCCC(F)C(F)(F)C(F)C(F)CF)c1ccccc1. The summed E-state index contributed by atoms with van der Waals surface area (Å²) in [5, 5.41) is -0.444. The van der Waals surface area contributed by atoms with Crippen molar-refractivity contribution in [1.82, 2.24) is 0 Å². The molecule has 0 bridgehead atoms. The molecule has 1 rings (SSSR count). The molecule has 0 spiro atoms. The molecule has 3 unspecified atom stereocenters. The van der Waals surface area contributed by atoms with E-state index < -0.39 is 42.6 Å². The third-order valence-electron chi connectivity index (χ3n) is 2.86. The Hall–Kier alpha value is -1.18. The fraction of sp³-hybridized carbons (Fsp3) is 0.500. The minimum Gasteiger partial charge on any atom is -0.282 e. The summed E-state index contributed by atoms with van der Waals surface area (Å²) in [6, 6.07) is 7.89. The smallest absolute Gasteiger partial charge is 0.282 e. The van der Waals surface area contributed by atoms with Crippen LogP contribution in [0, 0.1) is 0 Å². The summed E-state index contributed by atoms with van der Waals surface area (Å²) in [4.78, 5) is 11.6. The third-order valence-corrected chi connectivity index (χ3v) is 3.80. The van der Waals surface area contributed by atoms with Gasteiger partial charge in [0.15, 0.2) is 18.5 Å². The Morgan fingerprint density at radius 2 is 1.73 bits per heavy atom. The number of hydrogen-bond acceptors (Lipinski definition) is 2. The first kappa shape index (κ1) is 18.9. The average Bonchev–Trinajstić information content (AvgIpc) is 2.53. The molecule has 0 aliphatic carbocycles. The van der Waals surface area contributed by atoms with E-state index in [-0.39, 0.29) is 5.75 Å². The predicted octanol–water partition coefficient (Wildman–Crippen LogP) is 4.57. The molecule has 0 saturated heterocycles. The number of carbonyl (C=O) groups excluding carboxylic acids is 1. The van der Waals surface area contributed by atoms with Crippen molar-refractivity contribution in [3.05, 3.63) is 35.9 Å². The van der Waals surface area contributed by atoms with E-state index in [9.17, 15) is 31.1 Å². The summed E-state index contributed by atoms with van der Waals surface area (Å²) in [5.74, 6) is -4.97. The number of hydrogen-bond donors (Lipinski definition) is 0. The molecule has 0 aliphatic heterocycles. The van der Waals surface area contributed by atoms with Gasteiger partial charge in [0.25, 0.3) is 0 Å². The van der Waals surface area contributed by atoms with Crippen molar-refractivity contribution in [3.8, 4) is 0 Å². The number of rotatable bonds is 8. The van der Waals surface area contributed by atoms with E-state index in [2.05, 4.69) is 0 Å². The van der Waals surface area contributed by atoms with Crippen LogP contribution in [0.15, 0.2) is 30.3 Å². The van der Waals surface area contributed by atoms with Gasteiger partial charge < -0.3 is 0 Å². The number of carbonyl (C=O) groups is 1. The van der Waals surface area contributed by atoms with Crippen molar-refractivity contribution >= 4 is 16.9 Å². The molecule has 0 amide bonds. The minimum absolute atomic E-state index is 0.319. The Morgan fingerprint density at radius 3 is 2.27 bits per heavy atom. The Morgan fingerprint density at radius 1 is 1.14 bits per heavy atom. The summed E-state index contributed by atoms with van der Waals surface area (Å²) in [6.45, 7) is -1.95.